The molecule has 0 fully saturated rings. The van der Waals surface area contributed by atoms with Crippen LogP contribution in [0.25, 0.3) is 11.4 Å². The van der Waals surface area contributed by atoms with E-state index in [9.17, 15) is 9.18 Å². The number of halogens is 2. The quantitative estimate of drug-likeness (QED) is 0.575. The zero-order valence-electron chi connectivity index (χ0n) is 15.2. The number of aromatic nitrogens is 3. The van der Waals surface area contributed by atoms with Crippen molar-refractivity contribution in [3.63, 3.8) is 0 Å². The van der Waals surface area contributed by atoms with Crippen LogP contribution in [0.3, 0.4) is 0 Å². The number of nitrogens with one attached hydrogen (secondary N) is 1. The van der Waals surface area contributed by atoms with E-state index in [-0.39, 0.29) is 16.7 Å². The Morgan fingerprint density at radius 3 is 3.00 bits per heavy atom. The Bertz CT molecular complexity index is 1030. The first-order valence-corrected chi connectivity index (χ1v) is 11.1. The number of hydrogen-bond donors (Lipinski definition) is 1. The lowest BCUT2D eigenvalue weighted by Gasteiger charge is -2.12. The highest BCUT2D eigenvalue weighted by atomic mass is 35.5. The summed E-state index contributed by atoms with van der Waals surface area (Å²) in [6.45, 7) is 0. The minimum Gasteiger partial charge on any atom is -0.325 e. The Labute approximate surface area is 175 Å². The van der Waals surface area contributed by atoms with Crippen molar-refractivity contribution in [3.8, 4) is 11.4 Å². The smallest absolute Gasteiger partial charge is 0.234 e. The van der Waals surface area contributed by atoms with Gasteiger partial charge < -0.3 is 9.88 Å². The average molecular weight is 437 g/mol. The van der Waals surface area contributed by atoms with Crippen molar-refractivity contribution >= 4 is 46.3 Å². The van der Waals surface area contributed by atoms with Gasteiger partial charge in [0.25, 0.3) is 0 Å². The molecule has 9 heteroatoms. The average Bonchev–Trinajstić information content (AvgIpc) is 3.26. The van der Waals surface area contributed by atoms with Crippen LogP contribution in [0, 0.1) is 5.82 Å². The van der Waals surface area contributed by atoms with Crippen molar-refractivity contribution in [2.45, 2.75) is 30.8 Å². The van der Waals surface area contributed by atoms with Gasteiger partial charge in [-0.05, 0) is 49.4 Å². The van der Waals surface area contributed by atoms with Gasteiger partial charge in [-0.1, -0.05) is 23.4 Å². The number of benzene rings is 1. The topological polar surface area (TPSA) is 59.8 Å². The third-order valence-electron chi connectivity index (χ3n) is 4.67. The molecule has 0 bridgehead atoms. The standard InChI is InChI=1S/C19H18ClFN4OS2/c1-25-18(13-9-27-16-5-3-2-4-12(13)16)23-24-19(25)28-10-17(26)22-11-6-7-15(21)14(20)8-11/h6-9H,2-5,10H2,1H3,(H,22,26). The molecule has 0 spiro atoms. The second-order valence-electron chi connectivity index (χ2n) is 6.59. The van der Waals surface area contributed by atoms with Crippen LogP contribution in [0.2, 0.25) is 5.02 Å². The molecule has 146 valence electrons. The second-order valence-corrected chi connectivity index (χ2v) is 8.90. The summed E-state index contributed by atoms with van der Waals surface area (Å²) in [7, 11) is 1.92. The molecule has 0 atom stereocenters. The first kappa shape index (κ1) is 19.4. The van der Waals surface area contributed by atoms with Gasteiger partial charge in [0.2, 0.25) is 5.91 Å². The number of hydrogen-bond acceptors (Lipinski definition) is 5. The number of aryl methyl sites for hydroxylation is 1. The summed E-state index contributed by atoms with van der Waals surface area (Å²) >= 11 is 8.85. The number of amides is 1. The predicted octanol–water partition coefficient (Wildman–Crippen LogP) is 4.95. The fourth-order valence-corrected chi connectivity index (χ4v) is 5.27. The van der Waals surface area contributed by atoms with Gasteiger partial charge in [-0.15, -0.1) is 21.5 Å². The summed E-state index contributed by atoms with van der Waals surface area (Å²) in [5.74, 6) is 0.275. The molecule has 1 aromatic carbocycles. The molecule has 0 radical (unpaired) electrons. The molecule has 0 aliphatic heterocycles. The van der Waals surface area contributed by atoms with Gasteiger partial charge in [0.05, 0.1) is 10.8 Å². The second kappa shape index (κ2) is 8.23. The van der Waals surface area contributed by atoms with Gasteiger partial charge in [-0.3, -0.25) is 4.79 Å². The van der Waals surface area contributed by atoms with Crippen LogP contribution in [0.15, 0.2) is 28.7 Å². The van der Waals surface area contributed by atoms with Gasteiger partial charge in [-0.2, -0.15) is 0 Å². The molecule has 1 aliphatic rings. The molecule has 28 heavy (non-hydrogen) atoms. The van der Waals surface area contributed by atoms with Crippen LogP contribution >= 0.6 is 34.7 Å². The van der Waals surface area contributed by atoms with Crippen LogP contribution in [-0.4, -0.2) is 26.4 Å². The summed E-state index contributed by atoms with van der Waals surface area (Å²) in [6.07, 6.45) is 4.70. The Kier molecular flexibility index (Phi) is 5.70. The zero-order chi connectivity index (χ0) is 19.7. The van der Waals surface area contributed by atoms with Crippen molar-refractivity contribution in [2.24, 2.45) is 7.05 Å². The maximum Gasteiger partial charge on any atom is 0.234 e. The molecule has 2 heterocycles. The van der Waals surface area contributed by atoms with E-state index in [0.29, 0.717) is 10.8 Å². The number of thiophene rings is 1. The minimum atomic E-state index is -0.517. The van der Waals surface area contributed by atoms with E-state index in [0.717, 1.165) is 24.2 Å². The molecule has 1 aliphatic carbocycles. The summed E-state index contributed by atoms with van der Waals surface area (Å²) in [6, 6.07) is 4.09. The highest BCUT2D eigenvalue weighted by Gasteiger charge is 2.21. The lowest BCUT2D eigenvalue weighted by Crippen LogP contribution is -2.14. The zero-order valence-corrected chi connectivity index (χ0v) is 17.6. The molecule has 4 rings (SSSR count). The molecule has 0 saturated carbocycles. The summed E-state index contributed by atoms with van der Waals surface area (Å²) in [5, 5.41) is 14.1. The first-order valence-electron chi connectivity index (χ1n) is 8.89. The first-order chi connectivity index (χ1) is 13.5. The van der Waals surface area contributed by atoms with Crippen LogP contribution in [-0.2, 0) is 24.7 Å². The van der Waals surface area contributed by atoms with Crippen molar-refractivity contribution in [3.05, 3.63) is 44.9 Å². The Hall–Kier alpha value is -1.90. The number of carbonyl (C=O) groups is 1. The number of rotatable bonds is 5. The van der Waals surface area contributed by atoms with Gasteiger partial charge in [0.1, 0.15) is 5.82 Å². The fraction of sp³-hybridized carbons (Fsp3) is 0.316. The van der Waals surface area contributed by atoms with Gasteiger partial charge in [0, 0.05) is 28.6 Å². The number of carbonyl (C=O) groups excluding carboxylic acids is 1. The summed E-state index contributed by atoms with van der Waals surface area (Å²) < 4.78 is 15.1. The molecular formula is C19H18ClFN4OS2. The molecular weight excluding hydrogens is 419 g/mol. The predicted molar refractivity (Wildman–Crippen MR) is 112 cm³/mol. The number of fused-ring (bicyclic) bond motifs is 1. The van der Waals surface area contributed by atoms with Gasteiger partial charge in [-0.25, -0.2) is 4.39 Å². The highest BCUT2D eigenvalue weighted by Crippen LogP contribution is 2.36. The van der Waals surface area contributed by atoms with Crippen molar-refractivity contribution in [1.82, 2.24) is 14.8 Å². The van der Waals surface area contributed by atoms with Crippen molar-refractivity contribution < 1.29 is 9.18 Å². The van der Waals surface area contributed by atoms with Gasteiger partial charge in [0.15, 0.2) is 11.0 Å². The van der Waals surface area contributed by atoms with Crippen LogP contribution in [0.4, 0.5) is 10.1 Å². The molecule has 3 aromatic rings. The van der Waals surface area contributed by atoms with Crippen LogP contribution in [0.1, 0.15) is 23.3 Å². The van der Waals surface area contributed by atoms with E-state index in [1.165, 1.54) is 53.2 Å². The van der Waals surface area contributed by atoms with E-state index in [1.54, 1.807) is 11.3 Å². The Morgan fingerprint density at radius 1 is 1.36 bits per heavy atom. The minimum absolute atomic E-state index is 0.0255. The fourth-order valence-electron chi connectivity index (χ4n) is 3.26. The number of nitrogens with zero attached hydrogens (tertiary/aromatic N) is 3. The lowest BCUT2D eigenvalue weighted by atomic mass is 9.96. The molecule has 1 amide bonds. The Balaban J connectivity index is 1.43. The molecule has 1 N–H and O–H groups in total. The maximum absolute atomic E-state index is 13.2. The molecule has 0 saturated heterocycles. The normalized spacial score (nSPS) is 13.4. The lowest BCUT2D eigenvalue weighted by molar-refractivity contribution is -0.113. The summed E-state index contributed by atoms with van der Waals surface area (Å²) in [5.41, 5.74) is 3.02. The van der Waals surface area contributed by atoms with Crippen molar-refractivity contribution in [2.75, 3.05) is 11.1 Å². The summed E-state index contributed by atoms with van der Waals surface area (Å²) in [4.78, 5) is 13.7. The van der Waals surface area contributed by atoms with Crippen LogP contribution < -0.4 is 5.32 Å². The third-order valence-corrected chi connectivity index (χ3v) is 7.07. The number of anilines is 1. The molecule has 2 aromatic heterocycles. The SMILES string of the molecule is Cn1c(SCC(=O)Nc2ccc(F)c(Cl)c2)nnc1-c1csc2c1CCCC2. The number of thioether (sulfide) groups is 1. The van der Waals surface area contributed by atoms with Crippen molar-refractivity contribution in [1.29, 1.82) is 0 Å². The highest BCUT2D eigenvalue weighted by molar-refractivity contribution is 7.99. The van der Waals surface area contributed by atoms with E-state index in [4.69, 9.17) is 11.6 Å². The van der Waals surface area contributed by atoms with E-state index in [1.807, 2.05) is 11.6 Å². The molecule has 5 nitrogen and oxygen atoms in total. The monoisotopic (exact) mass is 436 g/mol. The van der Waals surface area contributed by atoms with Crippen LogP contribution in [0.5, 0.6) is 0 Å². The largest absolute Gasteiger partial charge is 0.325 e. The van der Waals surface area contributed by atoms with E-state index >= 15 is 0 Å². The van der Waals surface area contributed by atoms with E-state index in [2.05, 4.69) is 20.9 Å². The molecule has 0 unspecified atom stereocenters. The van der Waals surface area contributed by atoms with Gasteiger partial charge >= 0.3 is 0 Å². The Morgan fingerprint density at radius 2 is 2.18 bits per heavy atom. The third kappa shape index (κ3) is 3.94. The van der Waals surface area contributed by atoms with E-state index < -0.39 is 5.82 Å². The maximum atomic E-state index is 13.2.